The van der Waals surface area contributed by atoms with Crippen LogP contribution < -0.4 is 5.73 Å². The number of carbonyl (C=O) groups excluding carboxylic acids is 1. The van der Waals surface area contributed by atoms with E-state index in [9.17, 15) is 4.79 Å². The number of rotatable bonds is 5. The predicted molar refractivity (Wildman–Crippen MR) is 68.2 cm³/mol. The number of benzene rings is 1. The molecule has 0 aliphatic rings. The van der Waals surface area contributed by atoms with E-state index in [0.717, 1.165) is 6.42 Å². The Kier molecular flexibility index (Phi) is 5.26. The summed E-state index contributed by atoms with van der Waals surface area (Å²) < 4.78 is 0. The Morgan fingerprint density at radius 2 is 2.06 bits per heavy atom. The summed E-state index contributed by atoms with van der Waals surface area (Å²) in [5, 5.41) is 0.873. The third-order valence-electron chi connectivity index (χ3n) is 2.63. The molecule has 0 aliphatic heterocycles. The third-order valence-corrected chi connectivity index (χ3v) is 3.37. The molecule has 0 spiro atoms. The molecule has 1 rings (SSSR count). The zero-order valence-electron chi connectivity index (χ0n) is 9.17. The van der Waals surface area contributed by atoms with E-state index < -0.39 is 0 Å². The fourth-order valence-corrected chi connectivity index (χ4v) is 1.74. The highest BCUT2D eigenvalue weighted by molar-refractivity contribution is 6.42. The highest BCUT2D eigenvalue weighted by Crippen LogP contribution is 2.24. The Morgan fingerprint density at radius 1 is 1.38 bits per heavy atom. The molecule has 16 heavy (non-hydrogen) atoms. The number of Topliss-reactive ketones (excluding diaryl/α,β-unsaturated/α-hetero) is 1. The van der Waals surface area contributed by atoms with Crippen molar-refractivity contribution in [2.75, 3.05) is 6.54 Å². The second-order valence-corrected chi connectivity index (χ2v) is 4.58. The molecule has 4 heteroatoms. The molecule has 0 amide bonds. The first-order chi connectivity index (χ1) is 7.58. The van der Waals surface area contributed by atoms with Crippen LogP contribution in [0, 0.1) is 5.92 Å². The fourth-order valence-electron chi connectivity index (χ4n) is 1.44. The predicted octanol–water partition coefficient (Wildman–Crippen LogP) is 3.55. The maximum atomic E-state index is 11.9. The Bertz CT molecular complexity index is 375. The molecule has 1 aromatic carbocycles. The second-order valence-electron chi connectivity index (χ2n) is 3.77. The molecule has 0 bridgehead atoms. The lowest BCUT2D eigenvalue weighted by molar-refractivity contribution is 0.0961. The van der Waals surface area contributed by atoms with Crippen LogP contribution in [0.25, 0.3) is 0 Å². The molecule has 0 fully saturated rings. The Hall–Kier alpha value is -0.570. The van der Waals surface area contributed by atoms with Crippen molar-refractivity contribution in [3.8, 4) is 0 Å². The standard InChI is InChI=1S/C12H15Cl2NO/c1-2-8(7-15)5-12(16)9-3-4-10(13)11(14)6-9/h3-4,6,8H,2,5,7,15H2,1H3. The molecule has 88 valence electrons. The quantitative estimate of drug-likeness (QED) is 0.822. The van der Waals surface area contributed by atoms with Gasteiger partial charge >= 0.3 is 0 Å². The van der Waals surface area contributed by atoms with Gasteiger partial charge in [0.25, 0.3) is 0 Å². The van der Waals surface area contributed by atoms with Gasteiger partial charge in [0.2, 0.25) is 0 Å². The minimum Gasteiger partial charge on any atom is -0.330 e. The maximum absolute atomic E-state index is 11.9. The van der Waals surface area contributed by atoms with E-state index in [1.807, 2.05) is 6.92 Å². The molecular formula is C12H15Cl2NO. The van der Waals surface area contributed by atoms with Crippen molar-refractivity contribution < 1.29 is 4.79 Å². The van der Waals surface area contributed by atoms with Gasteiger partial charge in [-0.25, -0.2) is 0 Å². The van der Waals surface area contributed by atoms with Crippen molar-refractivity contribution in [1.29, 1.82) is 0 Å². The maximum Gasteiger partial charge on any atom is 0.163 e. The van der Waals surface area contributed by atoms with Gasteiger partial charge in [-0.15, -0.1) is 0 Å². The topological polar surface area (TPSA) is 43.1 Å². The number of hydrogen-bond acceptors (Lipinski definition) is 2. The lowest BCUT2D eigenvalue weighted by Crippen LogP contribution is -2.17. The Morgan fingerprint density at radius 3 is 2.56 bits per heavy atom. The van der Waals surface area contributed by atoms with E-state index in [1.54, 1.807) is 18.2 Å². The van der Waals surface area contributed by atoms with E-state index in [0.29, 0.717) is 28.6 Å². The first-order valence-corrected chi connectivity index (χ1v) is 6.02. The molecule has 2 N–H and O–H groups in total. The molecule has 2 nitrogen and oxygen atoms in total. The van der Waals surface area contributed by atoms with Crippen molar-refractivity contribution in [3.63, 3.8) is 0 Å². The van der Waals surface area contributed by atoms with Gasteiger partial charge in [-0.2, -0.15) is 0 Å². The summed E-state index contributed by atoms with van der Waals surface area (Å²) in [6, 6.07) is 4.94. The monoisotopic (exact) mass is 259 g/mol. The molecule has 0 saturated carbocycles. The van der Waals surface area contributed by atoms with Crippen LogP contribution in [0.2, 0.25) is 10.0 Å². The molecule has 1 aromatic rings. The van der Waals surface area contributed by atoms with Crippen LogP contribution in [0.15, 0.2) is 18.2 Å². The molecule has 1 atom stereocenters. The summed E-state index contributed by atoms with van der Waals surface area (Å²) in [6.07, 6.45) is 1.37. The van der Waals surface area contributed by atoms with Gasteiger partial charge in [-0.05, 0) is 30.7 Å². The van der Waals surface area contributed by atoms with Crippen LogP contribution in [0.1, 0.15) is 30.1 Å². The number of nitrogens with two attached hydrogens (primary N) is 1. The van der Waals surface area contributed by atoms with Gasteiger partial charge < -0.3 is 5.73 Å². The van der Waals surface area contributed by atoms with E-state index in [4.69, 9.17) is 28.9 Å². The van der Waals surface area contributed by atoms with Gasteiger partial charge in [0.1, 0.15) is 0 Å². The van der Waals surface area contributed by atoms with Crippen LogP contribution in [0.4, 0.5) is 0 Å². The van der Waals surface area contributed by atoms with Crippen LogP contribution >= 0.6 is 23.2 Å². The highest BCUT2D eigenvalue weighted by atomic mass is 35.5. The summed E-state index contributed by atoms with van der Waals surface area (Å²) in [6.45, 7) is 2.56. The van der Waals surface area contributed by atoms with Crippen LogP contribution in [-0.4, -0.2) is 12.3 Å². The van der Waals surface area contributed by atoms with E-state index in [2.05, 4.69) is 0 Å². The average molecular weight is 260 g/mol. The zero-order chi connectivity index (χ0) is 12.1. The van der Waals surface area contributed by atoms with Gasteiger partial charge in [-0.1, -0.05) is 36.5 Å². The van der Waals surface area contributed by atoms with E-state index >= 15 is 0 Å². The summed E-state index contributed by atoms with van der Waals surface area (Å²) in [5.41, 5.74) is 6.16. The normalized spacial score (nSPS) is 12.5. The summed E-state index contributed by atoms with van der Waals surface area (Å²) >= 11 is 11.6. The van der Waals surface area contributed by atoms with Crippen LogP contribution in [0.5, 0.6) is 0 Å². The van der Waals surface area contributed by atoms with Gasteiger partial charge in [0.05, 0.1) is 10.0 Å². The van der Waals surface area contributed by atoms with Crippen molar-refractivity contribution in [3.05, 3.63) is 33.8 Å². The smallest absolute Gasteiger partial charge is 0.163 e. The lowest BCUT2D eigenvalue weighted by Gasteiger charge is -2.11. The van der Waals surface area contributed by atoms with Gasteiger partial charge in [0.15, 0.2) is 5.78 Å². The van der Waals surface area contributed by atoms with Crippen molar-refractivity contribution in [2.45, 2.75) is 19.8 Å². The summed E-state index contributed by atoms with van der Waals surface area (Å²) in [5.74, 6) is 0.304. The minimum absolute atomic E-state index is 0.0656. The largest absolute Gasteiger partial charge is 0.330 e. The number of hydrogen-bond donors (Lipinski definition) is 1. The van der Waals surface area contributed by atoms with Crippen LogP contribution in [-0.2, 0) is 0 Å². The number of ketones is 1. The fraction of sp³-hybridized carbons (Fsp3) is 0.417. The number of carbonyl (C=O) groups is 1. The first-order valence-electron chi connectivity index (χ1n) is 5.26. The molecule has 1 unspecified atom stereocenters. The molecular weight excluding hydrogens is 245 g/mol. The van der Waals surface area contributed by atoms with Gasteiger partial charge in [-0.3, -0.25) is 4.79 Å². The Labute approximate surface area is 106 Å². The molecule has 0 heterocycles. The SMILES string of the molecule is CCC(CN)CC(=O)c1ccc(Cl)c(Cl)c1. The summed E-state index contributed by atoms with van der Waals surface area (Å²) in [7, 11) is 0. The molecule has 0 aliphatic carbocycles. The number of halogens is 2. The van der Waals surface area contributed by atoms with Gasteiger partial charge in [0, 0.05) is 12.0 Å². The Balaban J connectivity index is 2.76. The first kappa shape index (κ1) is 13.5. The van der Waals surface area contributed by atoms with E-state index in [-0.39, 0.29) is 11.7 Å². The van der Waals surface area contributed by atoms with Crippen molar-refractivity contribution >= 4 is 29.0 Å². The lowest BCUT2D eigenvalue weighted by atomic mass is 9.96. The van der Waals surface area contributed by atoms with Crippen LogP contribution in [0.3, 0.4) is 0 Å². The third kappa shape index (κ3) is 3.48. The van der Waals surface area contributed by atoms with Crippen molar-refractivity contribution in [1.82, 2.24) is 0 Å². The van der Waals surface area contributed by atoms with Crippen molar-refractivity contribution in [2.24, 2.45) is 11.7 Å². The average Bonchev–Trinajstić information content (AvgIpc) is 2.29. The molecule has 0 radical (unpaired) electrons. The molecule has 0 saturated heterocycles. The highest BCUT2D eigenvalue weighted by Gasteiger charge is 2.13. The second kappa shape index (κ2) is 6.24. The molecule has 0 aromatic heterocycles. The summed E-state index contributed by atoms with van der Waals surface area (Å²) in [4.78, 5) is 11.9. The minimum atomic E-state index is 0.0656. The van der Waals surface area contributed by atoms with E-state index in [1.165, 1.54) is 0 Å². The zero-order valence-corrected chi connectivity index (χ0v) is 10.7.